The van der Waals surface area contributed by atoms with Crippen LogP contribution in [0.4, 0.5) is 18.9 Å². The lowest BCUT2D eigenvalue weighted by Gasteiger charge is -2.28. The molecule has 2 N–H and O–H groups in total. The van der Waals surface area contributed by atoms with Crippen LogP contribution in [0.15, 0.2) is 79.0 Å². The monoisotopic (exact) mass is 508 g/mol. The molecule has 0 radical (unpaired) electrons. The number of pyridine rings is 1. The topological polar surface area (TPSA) is 53.3 Å². The van der Waals surface area contributed by atoms with Crippen LogP contribution in [0, 0.1) is 13.8 Å². The van der Waals surface area contributed by atoms with Gasteiger partial charge in [-0.1, -0.05) is 12.1 Å². The van der Waals surface area contributed by atoms with E-state index in [0.717, 1.165) is 40.5 Å². The third-order valence-electron chi connectivity index (χ3n) is 6.45. The Labute approximate surface area is 211 Å². The Balaban J connectivity index is 1.67. The SMILES string of the molecule is Cc1cc(C2C(c3ccccn3)NC(=S)N2c2ccc(O)cc2)c(C)n1-c1cccc(C(F)(F)F)c1. The first-order valence-corrected chi connectivity index (χ1v) is 11.7. The maximum absolute atomic E-state index is 13.4. The van der Waals surface area contributed by atoms with Crippen molar-refractivity contribution in [2.75, 3.05) is 4.90 Å². The van der Waals surface area contributed by atoms with Gasteiger partial charge in [-0.2, -0.15) is 13.2 Å². The highest BCUT2D eigenvalue weighted by Crippen LogP contribution is 2.44. The number of aromatic hydroxyl groups is 1. The number of thiocarbonyl (C=S) groups is 1. The van der Waals surface area contributed by atoms with E-state index in [0.29, 0.717) is 10.8 Å². The van der Waals surface area contributed by atoms with Crippen LogP contribution in [0.1, 0.15) is 40.3 Å². The number of anilines is 1. The number of phenolic OH excluding ortho intramolecular Hbond substituents is 1. The van der Waals surface area contributed by atoms with E-state index in [4.69, 9.17) is 12.2 Å². The van der Waals surface area contributed by atoms with E-state index in [1.807, 2.05) is 47.6 Å². The van der Waals surface area contributed by atoms with E-state index < -0.39 is 11.7 Å². The Morgan fingerprint density at radius 2 is 1.69 bits per heavy atom. The molecule has 0 saturated carbocycles. The molecule has 0 bridgehead atoms. The van der Waals surface area contributed by atoms with Crippen molar-refractivity contribution in [2.45, 2.75) is 32.1 Å². The van der Waals surface area contributed by atoms with Crippen molar-refractivity contribution in [3.63, 3.8) is 0 Å². The molecule has 36 heavy (non-hydrogen) atoms. The normalized spacial score (nSPS) is 17.9. The van der Waals surface area contributed by atoms with E-state index in [1.165, 1.54) is 6.07 Å². The van der Waals surface area contributed by atoms with E-state index in [-0.39, 0.29) is 17.8 Å². The number of nitrogens with zero attached hydrogens (tertiary/aromatic N) is 3. The summed E-state index contributed by atoms with van der Waals surface area (Å²) < 4.78 is 42.1. The molecule has 0 aliphatic carbocycles. The van der Waals surface area contributed by atoms with E-state index in [9.17, 15) is 18.3 Å². The first-order chi connectivity index (χ1) is 17.1. The van der Waals surface area contributed by atoms with E-state index in [1.54, 1.807) is 36.5 Å². The second-order valence-corrected chi connectivity index (χ2v) is 9.11. The molecule has 2 atom stereocenters. The van der Waals surface area contributed by atoms with Crippen LogP contribution in [0.5, 0.6) is 5.75 Å². The number of aromatic nitrogens is 2. The molecular formula is C27H23F3N4OS. The van der Waals surface area contributed by atoms with Crippen LogP contribution >= 0.6 is 12.2 Å². The average Bonchev–Trinajstić information content (AvgIpc) is 3.35. The van der Waals surface area contributed by atoms with Gasteiger partial charge in [-0.05, 0) is 92.3 Å². The first kappa shape index (κ1) is 23.9. The molecule has 5 nitrogen and oxygen atoms in total. The van der Waals surface area contributed by atoms with Gasteiger partial charge in [0, 0.05) is 29.0 Å². The van der Waals surface area contributed by atoms with Crippen molar-refractivity contribution in [1.29, 1.82) is 0 Å². The van der Waals surface area contributed by atoms with Gasteiger partial charge in [-0.3, -0.25) is 4.98 Å². The largest absolute Gasteiger partial charge is 0.508 e. The number of hydrogen-bond acceptors (Lipinski definition) is 3. The molecule has 0 amide bonds. The number of phenols is 1. The molecule has 184 valence electrons. The summed E-state index contributed by atoms with van der Waals surface area (Å²) in [5, 5.41) is 13.7. The highest BCUT2D eigenvalue weighted by Gasteiger charge is 2.42. The van der Waals surface area contributed by atoms with Crippen molar-refractivity contribution in [1.82, 2.24) is 14.9 Å². The summed E-state index contributed by atoms with van der Waals surface area (Å²) in [6, 6.07) is 19.1. The zero-order valence-corrected chi connectivity index (χ0v) is 20.3. The number of benzene rings is 2. The molecule has 1 saturated heterocycles. The maximum atomic E-state index is 13.4. The summed E-state index contributed by atoms with van der Waals surface area (Å²) in [5.41, 5.74) is 3.80. The van der Waals surface area contributed by atoms with Crippen LogP contribution in [-0.2, 0) is 6.18 Å². The number of hydrogen-bond donors (Lipinski definition) is 2. The molecule has 1 aliphatic rings. The van der Waals surface area contributed by atoms with Crippen molar-refractivity contribution in [3.05, 3.63) is 107 Å². The number of aryl methyl sites for hydroxylation is 1. The molecule has 1 aliphatic heterocycles. The molecule has 9 heteroatoms. The Morgan fingerprint density at radius 1 is 0.944 bits per heavy atom. The minimum Gasteiger partial charge on any atom is -0.508 e. The van der Waals surface area contributed by atoms with Crippen LogP contribution in [0.25, 0.3) is 5.69 Å². The number of alkyl halides is 3. The molecular weight excluding hydrogens is 485 g/mol. The lowest BCUT2D eigenvalue weighted by Crippen LogP contribution is -2.29. The van der Waals surface area contributed by atoms with Crippen molar-refractivity contribution < 1.29 is 18.3 Å². The van der Waals surface area contributed by atoms with Crippen LogP contribution in [-0.4, -0.2) is 19.8 Å². The fourth-order valence-electron chi connectivity index (χ4n) is 4.87. The molecule has 1 fully saturated rings. The molecule has 2 unspecified atom stereocenters. The second kappa shape index (κ2) is 8.98. The van der Waals surface area contributed by atoms with Crippen molar-refractivity contribution in [2.24, 2.45) is 0 Å². The standard InChI is InChI=1S/C27H23F3N4OS/c1-16-14-22(17(2)33(16)20-7-5-6-18(15-20)27(28,29)30)25-24(23-8-3-4-13-31-23)32-26(36)34(25)19-9-11-21(35)12-10-19/h3-15,24-25,35H,1-2H3,(H,32,36). The lowest BCUT2D eigenvalue weighted by atomic mass is 9.96. The summed E-state index contributed by atoms with van der Waals surface area (Å²) in [7, 11) is 0. The Kier molecular flexibility index (Phi) is 5.96. The maximum Gasteiger partial charge on any atom is 0.416 e. The smallest absolute Gasteiger partial charge is 0.416 e. The highest BCUT2D eigenvalue weighted by atomic mass is 32.1. The summed E-state index contributed by atoms with van der Waals surface area (Å²) in [6.07, 6.45) is -2.72. The first-order valence-electron chi connectivity index (χ1n) is 11.3. The van der Waals surface area contributed by atoms with Crippen LogP contribution in [0.3, 0.4) is 0 Å². The molecule has 2 aromatic carbocycles. The summed E-state index contributed by atoms with van der Waals surface area (Å²) in [5.74, 6) is 0.136. The molecule has 0 spiro atoms. The number of rotatable bonds is 4. The second-order valence-electron chi connectivity index (χ2n) is 8.72. The van der Waals surface area contributed by atoms with Crippen molar-refractivity contribution in [3.8, 4) is 11.4 Å². The fourth-order valence-corrected chi connectivity index (χ4v) is 5.21. The quantitative estimate of drug-likeness (QED) is 0.313. The van der Waals surface area contributed by atoms with Gasteiger partial charge >= 0.3 is 6.18 Å². The average molecular weight is 509 g/mol. The van der Waals surface area contributed by atoms with Gasteiger partial charge in [0.1, 0.15) is 5.75 Å². The van der Waals surface area contributed by atoms with Gasteiger partial charge in [-0.15, -0.1) is 0 Å². The van der Waals surface area contributed by atoms with E-state index in [2.05, 4.69) is 10.3 Å². The third-order valence-corrected chi connectivity index (χ3v) is 6.76. The van der Waals surface area contributed by atoms with Gasteiger partial charge in [0.25, 0.3) is 0 Å². The zero-order valence-electron chi connectivity index (χ0n) is 19.5. The molecule has 4 aromatic rings. The highest BCUT2D eigenvalue weighted by molar-refractivity contribution is 7.80. The summed E-state index contributed by atoms with van der Waals surface area (Å²) >= 11 is 5.74. The van der Waals surface area contributed by atoms with Gasteiger partial charge in [0.05, 0.1) is 23.3 Å². The lowest BCUT2D eigenvalue weighted by molar-refractivity contribution is -0.137. The predicted octanol–water partition coefficient (Wildman–Crippen LogP) is 6.39. The minimum atomic E-state index is -4.44. The summed E-state index contributed by atoms with van der Waals surface area (Å²) in [6.45, 7) is 3.77. The zero-order chi connectivity index (χ0) is 25.6. The van der Waals surface area contributed by atoms with E-state index >= 15 is 0 Å². The van der Waals surface area contributed by atoms with Crippen LogP contribution < -0.4 is 10.2 Å². The van der Waals surface area contributed by atoms with Gasteiger partial charge in [0.15, 0.2) is 5.11 Å². The molecule has 3 heterocycles. The van der Waals surface area contributed by atoms with Gasteiger partial charge < -0.3 is 19.9 Å². The Bertz CT molecular complexity index is 1420. The minimum absolute atomic E-state index is 0.136. The fraction of sp³-hybridized carbons (Fsp3) is 0.185. The van der Waals surface area contributed by atoms with Gasteiger partial charge in [0.2, 0.25) is 0 Å². The van der Waals surface area contributed by atoms with Crippen LogP contribution in [0.2, 0.25) is 0 Å². The molecule has 5 rings (SSSR count). The molecule has 2 aromatic heterocycles. The summed E-state index contributed by atoms with van der Waals surface area (Å²) in [4.78, 5) is 6.51. The Morgan fingerprint density at radius 3 is 2.36 bits per heavy atom. The van der Waals surface area contributed by atoms with Crippen molar-refractivity contribution >= 4 is 23.0 Å². The predicted molar refractivity (Wildman–Crippen MR) is 136 cm³/mol. The number of nitrogens with one attached hydrogen (secondary N) is 1. The van der Waals surface area contributed by atoms with Gasteiger partial charge in [-0.25, -0.2) is 0 Å². The Hall–Kier alpha value is -3.85. The third kappa shape index (κ3) is 4.19. The number of halogens is 3.